The summed E-state index contributed by atoms with van der Waals surface area (Å²) < 4.78 is 5.78. The molecule has 0 aliphatic carbocycles. The first-order valence-electron chi connectivity index (χ1n) is 5.95. The Morgan fingerprint density at radius 2 is 2.11 bits per heavy atom. The fraction of sp³-hybridized carbons (Fsp3) is 0.133. The highest BCUT2D eigenvalue weighted by Gasteiger charge is 2.10. The summed E-state index contributed by atoms with van der Waals surface area (Å²) in [5, 5.41) is 10.4. The number of rotatable bonds is 2. The number of fused-ring (bicyclic) bond motifs is 1. The molecule has 2 heterocycles. The summed E-state index contributed by atoms with van der Waals surface area (Å²) in [7, 11) is 0. The van der Waals surface area contributed by atoms with Gasteiger partial charge in [0, 0.05) is 23.2 Å². The Balaban J connectivity index is 2.19. The zero-order valence-corrected chi connectivity index (χ0v) is 10.1. The zero-order valence-electron chi connectivity index (χ0n) is 10.1. The minimum Gasteiger partial charge on any atom is -0.508 e. The van der Waals surface area contributed by atoms with Crippen molar-refractivity contribution in [3.05, 3.63) is 48.3 Å². The van der Waals surface area contributed by atoms with Crippen molar-refractivity contribution in [3.8, 4) is 17.1 Å². The second-order valence-electron chi connectivity index (χ2n) is 4.18. The Labute approximate surface area is 105 Å². The third-order valence-corrected chi connectivity index (χ3v) is 2.99. The zero-order chi connectivity index (χ0) is 12.5. The van der Waals surface area contributed by atoms with Gasteiger partial charge in [-0.1, -0.05) is 6.92 Å². The van der Waals surface area contributed by atoms with Crippen molar-refractivity contribution in [2.45, 2.75) is 13.3 Å². The lowest BCUT2D eigenvalue weighted by Gasteiger charge is -2.02. The van der Waals surface area contributed by atoms with Crippen molar-refractivity contribution in [3.63, 3.8) is 0 Å². The highest BCUT2D eigenvalue weighted by molar-refractivity contribution is 5.84. The highest BCUT2D eigenvalue weighted by atomic mass is 16.3. The van der Waals surface area contributed by atoms with E-state index in [0.29, 0.717) is 5.58 Å². The van der Waals surface area contributed by atoms with Gasteiger partial charge in [-0.3, -0.25) is 4.98 Å². The van der Waals surface area contributed by atoms with Gasteiger partial charge in [-0.25, -0.2) is 0 Å². The van der Waals surface area contributed by atoms with E-state index in [1.807, 2.05) is 24.3 Å². The second kappa shape index (κ2) is 4.18. The molecule has 2 aromatic heterocycles. The van der Waals surface area contributed by atoms with Crippen LogP contribution >= 0.6 is 0 Å². The maximum atomic E-state index is 9.44. The molecule has 0 unspecified atom stereocenters. The first-order chi connectivity index (χ1) is 8.78. The van der Waals surface area contributed by atoms with Crippen molar-refractivity contribution in [2.24, 2.45) is 0 Å². The number of hydrogen-bond acceptors (Lipinski definition) is 3. The standard InChI is InChI=1S/C15H13NO2/c1-2-13-12(4-3-7-16-13)15-8-10-5-6-11(17)9-14(10)18-15/h3-9,17H,2H2,1H3. The fourth-order valence-electron chi connectivity index (χ4n) is 2.10. The SMILES string of the molecule is CCc1ncccc1-c1cc2ccc(O)cc2o1. The molecule has 0 spiro atoms. The van der Waals surface area contributed by atoms with E-state index < -0.39 is 0 Å². The Morgan fingerprint density at radius 3 is 2.94 bits per heavy atom. The number of aromatic nitrogens is 1. The van der Waals surface area contributed by atoms with Crippen LogP contribution in [0.2, 0.25) is 0 Å². The smallest absolute Gasteiger partial charge is 0.138 e. The van der Waals surface area contributed by atoms with Crippen molar-refractivity contribution in [1.29, 1.82) is 0 Å². The molecule has 0 saturated heterocycles. The van der Waals surface area contributed by atoms with Crippen LogP contribution in [0.1, 0.15) is 12.6 Å². The molecule has 1 N–H and O–H groups in total. The molecule has 0 aliphatic heterocycles. The van der Waals surface area contributed by atoms with Crippen LogP contribution in [0.15, 0.2) is 47.0 Å². The number of phenols is 1. The molecule has 0 saturated carbocycles. The number of aromatic hydroxyl groups is 1. The number of pyridine rings is 1. The summed E-state index contributed by atoms with van der Waals surface area (Å²) in [6.45, 7) is 2.07. The second-order valence-corrected chi connectivity index (χ2v) is 4.18. The van der Waals surface area contributed by atoms with E-state index in [1.165, 1.54) is 0 Å². The van der Waals surface area contributed by atoms with E-state index in [9.17, 15) is 5.11 Å². The number of furan rings is 1. The van der Waals surface area contributed by atoms with E-state index in [1.54, 1.807) is 18.3 Å². The first kappa shape index (κ1) is 10.8. The average molecular weight is 239 g/mol. The van der Waals surface area contributed by atoms with Gasteiger partial charge in [-0.05, 0) is 36.8 Å². The lowest BCUT2D eigenvalue weighted by atomic mass is 10.1. The number of nitrogens with zero attached hydrogens (tertiary/aromatic N) is 1. The lowest BCUT2D eigenvalue weighted by molar-refractivity contribution is 0.474. The molecule has 0 radical (unpaired) electrons. The monoisotopic (exact) mass is 239 g/mol. The summed E-state index contributed by atoms with van der Waals surface area (Å²) in [6, 6.07) is 11.0. The molecule has 3 heteroatoms. The van der Waals surface area contributed by atoms with Crippen LogP contribution < -0.4 is 0 Å². The third kappa shape index (κ3) is 1.74. The quantitative estimate of drug-likeness (QED) is 0.740. The maximum absolute atomic E-state index is 9.44. The van der Waals surface area contributed by atoms with Crippen molar-refractivity contribution in [2.75, 3.05) is 0 Å². The molecule has 3 nitrogen and oxygen atoms in total. The van der Waals surface area contributed by atoms with Crippen LogP contribution in [-0.2, 0) is 6.42 Å². The van der Waals surface area contributed by atoms with Gasteiger partial charge in [0.05, 0.1) is 5.69 Å². The van der Waals surface area contributed by atoms with Crippen LogP contribution in [0.25, 0.3) is 22.3 Å². The third-order valence-electron chi connectivity index (χ3n) is 2.99. The summed E-state index contributed by atoms with van der Waals surface area (Å²) >= 11 is 0. The van der Waals surface area contributed by atoms with Gasteiger partial charge in [0.25, 0.3) is 0 Å². The fourth-order valence-corrected chi connectivity index (χ4v) is 2.10. The molecule has 0 atom stereocenters. The largest absolute Gasteiger partial charge is 0.508 e. The molecule has 1 aromatic carbocycles. The van der Waals surface area contributed by atoms with E-state index >= 15 is 0 Å². The predicted molar refractivity (Wildman–Crippen MR) is 70.5 cm³/mol. The number of aryl methyl sites for hydroxylation is 1. The molecule has 3 aromatic rings. The van der Waals surface area contributed by atoms with E-state index in [-0.39, 0.29) is 5.75 Å². The van der Waals surface area contributed by atoms with Gasteiger partial charge in [0.1, 0.15) is 17.1 Å². The minimum atomic E-state index is 0.213. The van der Waals surface area contributed by atoms with Gasteiger partial charge in [-0.15, -0.1) is 0 Å². The summed E-state index contributed by atoms with van der Waals surface area (Å²) in [5.74, 6) is 1.01. The van der Waals surface area contributed by atoms with Crippen LogP contribution in [0, 0.1) is 0 Å². The molecule has 18 heavy (non-hydrogen) atoms. The predicted octanol–water partition coefficient (Wildman–Crippen LogP) is 3.76. The van der Waals surface area contributed by atoms with Gasteiger partial charge >= 0.3 is 0 Å². The number of benzene rings is 1. The highest BCUT2D eigenvalue weighted by Crippen LogP contribution is 2.31. The maximum Gasteiger partial charge on any atom is 0.138 e. The van der Waals surface area contributed by atoms with Crippen molar-refractivity contribution >= 4 is 11.0 Å². The number of hydrogen-bond donors (Lipinski definition) is 1. The molecule has 0 fully saturated rings. The molecule has 0 aliphatic rings. The van der Waals surface area contributed by atoms with Gasteiger partial charge in [0.2, 0.25) is 0 Å². The van der Waals surface area contributed by atoms with Gasteiger partial charge < -0.3 is 9.52 Å². The normalized spacial score (nSPS) is 10.9. The van der Waals surface area contributed by atoms with E-state index in [4.69, 9.17) is 4.42 Å². The molecule has 90 valence electrons. The molecule has 0 amide bonds. The Kier molecular flexibility index (Phi) is 2.52. The summed E-state index contributed by atoms with van der Waals surface area (Å²) in [6.07, 6.45) is 2.65. The van der Waals surface area contributed by atoms with E-state index in [0.717, 1.165) is 28.8 Å². The first-order valence-corrected chi connectivity index (χ1v) is 5.95. The van der Waals surface area contributed by atoms with Crippen molar-refractivity contribution < 1.29 is 9.52 Å². The van der Waals surface area contributed by atoms with Gasteiger partial charge in [0.15, 0.2) is 0 Å². The Hall–Kier alpha value is -2.29. The van der Waals surface area contributed by atoms with Crippen LogP contribution in [0.3, 0.4) is 0 Å². The molecular formula is C15H13NO2. The van der Waals surface area contributed by atoms with Crippen LogP contribution in [-0.4, -0.2) is 10.1 Å². The molecule has 0 bridgehead atoms. The molecule has 3 rings (SSSR count). The van der Waals surface area contributed by atoms with Crippen LogP contribution in [0.4, 0.5) is 0 Å². The molecular weight excluding hydrogens is 226 g/mol. The topological polar surface area (TPSA) is 46.3 Å². The van der Waals surface area contributed by atoms with E-state index in [2.05, 4.69) is 11.9 Å². The minimum absolute atomic E-state index is 0.213. The van der Waals surface area contributed by atoms with Gasteiger partial charge in [-0.2, -0.15) is 0 Å². The summed E-state index contributed by atoms with van der Waals surface area (Å²) in [4.78, 5) is 4.35. The van der Waals surface area contributed by atoms with Crippen molar-refractivity contribution in [1.82, 2.24) is 4.98 Å². The van der Waals surface area contributed by atoms with Crippen LogP contribution in [0.5, 0.6) is 5.75 Å². The average Bonchev–Trinajstić information content (AvgIpc) is 2.81. The Bertz CT molecular complexity index is 701. The Morgan fingerprint density at radius 1 is 1.22 bits per heavy atom. The summed E-state index contributed by atoms with van der Waals surface area (Å²) in [5.41, 5.74) is 2.72. The number of phenolic OH excluding ortho intramolecular Hbond substituents is 1. The lowest BCUT2D eigenvalue weighted by Crippen LogP contribution is -1.89.